The Kier molecular flexibility index (Phi) is 6.85. The highest BCUT2D eigenvalue weighted by Gasteiger charge is 2.20. The van der Waals surface area contributed by atoms with E-state index in [1.54, 1.807) is 11.8 Å². The fourth-order valence-corrected chi connectivity index (χ4v) is 1.56. The van der Waals surface area contributed by atoms with Crippen LogP contribution in [0.2, 0.25) is 0 Å². The second kappa shape index (κ2) is 7.30. The third kappa shape index (κ3) is 4.75. The summed E-state index contributed by atoms with van der Waals surface area (Å²) in [5, 5.41) is 0. The zero-order valence-electron chi connectivity index (χ0n) is 10.6. The minimum absolute atomic E-state index is 0. The summed E-state index contributed by atoms with van der Waals surface area (Å²) in [5.41, 5.74) is 6.77. The van der Waals surface area contributed by atoms with Crippen molar-refractivity contribution in [1.82, 2.24) is 4.90 Å². The zero-order chi connectivity index (χ0) is 12.1. The molecule has 1 aromatic carbocycles. The van der Waals surface area contributed by atoms with Gasteiger partial charge in [-0.3, -0.25) is 4.79 Å². The van der Waals surface area contributed by atoms with Gasteiger partial charge in [-0.05, 0) is 26.3 Å². The standard InChI is InChI=1S/C13H20N2O.ClH/c1-10(2)15(13(16)11(3)14)9-12-7-5-4-6-8-12;/h4-8,10-11H,9,14H2,1-3H3;1H/t11-;/m0./s1. The summed E-state index contributed by atoms with van der Waals surface area (Å²) < 4.78 is 0. The third-order valence-corrected chi connectivity index (χ3v) is 2.49. The molecule has 0 fully saturated rings. The van der Waals surface area contributed by atoms with Crippen molar-refractivity contribution >= 4 is 18.3 Å². The minimum Gasteiger partial charge on any atom is -0.335 e. The Morgan fingerprint density at radius 2 is 1.76 bits per heavy atom. The largest absolute Gasteiger partial charge is 0.335 e. The average molecular weight is 257 g/mol. The molecule has 1 atom stereocenters. The number of nitrogens with two attached hydrogens (primary N) is 1. The molecule has 0 aromatic heterocycles. The Morgan fingerprint density at radius 3 is 2.18 bits per heavy atom. The number of carbonyl (C=O) groups is 1. The molecule has 0 heterocycles. The van der Waals surface area contributed by atoms with Crippen molar-refractivity contribution in [2.24, 2.45) is 5.73 Å². The van der Waals surface area contributed by atoms with Gasteiger partial charge in [0.2, 0.25) is 5.91 Å². The molecule has 0 aliphatic heterocycles. The first-order chi connectivity index (χ1) is 7.52. The zero-order valence-corrected chi connectivity index (χ0v) is 11.4. The second-order valence-corrected chi connectivity index (χ2v) is 4.33. The average Bonchev–Trinajstić information content (AvgIpc) is 2.26. The number of amides is 1. The molecular formula is C13H21ClN2O. The normalized spacial score (nSPS) is 11.8. The van der Waals surface area contributed by atoms with E-state index >= 15 is 0 Å². The van der Waals surface area contributed by atoms with Crippen molar-refractivity contribution < 1.29 is 4.79 Å². The Balaban J connectivity index is 0.00000256. The highest BCUT2D eigenvalue weighted by Crippen LogP contribution is 2.09. The molecule has 4 heteroatoms. The van der Waals surface area contributed by atoms with Gasteiger partial charge >= 0.3 is 0 Å². The van der Waals surface area contributed by atoms with Gasteiger partial charge in [0, 0.05) is 12.6 Å². The SMILES string of the molecule is CC(C)N(Cc1ccccc1)C(=O)[C@H](C)N.Cl. The molecule has 1 amide bonds. The highest BCUT2D eigenvalue weighted by atomic mass is 35.5. The summed E-state index contributed by atoms with van der Waals surface area (Å²) in [6.07, 6.45) is 0. The lowest BCUT2D eigenvalue weighted by Gasteiger charge is -2.28. The first-order valence-corrected chi connectivity index (χ1v) is 5.62. The predicted octanol–water partition coefficient (Wildman–Crippen LogP) is 2.19. The van der Waals surface area contributed by atoms with Crippen LogP contribution in [0.1, 0.15) is 26.3 Å². The molecule has 3 nitrogen and oxygen atoms in total. The number of rotatable bonds is 4. The van der Waals surface area contributed by atoms with E-state index in [4.69, 9.17) is 5.73 Å². The van der Waals surface area contributed by atoms with E-state index in [0.717, 1.165) is 5.56 Å². The molecule has 0 spiro atoms. The fourth-order valence-electron chi connectivity index (χ4n) is 1.56. The Bertz CT molecular complexity index is 339. The molecule has 1 aromatic rings. The number of hydrogen-bond donors (Lipinski definition) is 1. The first-order valence-electron chi connectivity index (χ1n) is 5.62. The molecule has 2 N–H and O–H groups in total. The summed E-state index contributed by atoms with van der Waals surface area (Å²) in [4.78, 5) is 13.7. The number of benzene rings is 1. The van der Waals surface area contributed by atoms with Gasteiger partial charge in [-0.25, -0.2) is 0 Å². The molecule has 0 aliphatic carbocycles. The molecule has 0 bridgehead atoms. The monoisotopic (exact) mass is 256 g/mol. The van der Waals surface area contributed by atoms with E-state index in [1.165, 1.54) is 0 Å². The number of carbonyl (C=O) groups excluding carboxylic acids is 1. The van der Waals surface area contributed by atoms with Crippen LogP contribution in [-0.2, 0) is 11.3 Å². The van der Waals surface area contributed by atoms with Crippen LogP contribution in [0.25, 0.3) is 0 Å². The Labute approximate surface area is 109 Å². The summed E-state index contributed by atoms with van der Waals surface area (Å²) >= 11 is 0. The fraction of sp³-hybridized carbons (Fsp3) is 0.462. The number of hydrogen-bond acceptors (Lipinski definition) is 2. The second-order valence-electron chi connectivity index (χ2n) is 4.33. The molecule has 0 saturated heterocycles. The molecule has 96 valence electrons. The maximum absolute atomic E-state index is 11.9. The summed E-state index contributed by atoms with van der Waals surface area (Å²) in [5.74, 6) is -0.00106. The number of nitrogens with zero attached hydrogens (tertiary/aromatic N) is 1. The van der Waals surface area contributed by atoms with E-state index in [-0.39, 0.29) is 24.4 Å². The Morgan fingerprint density at radius 1 is 1.24 bits per heavy atom. The first kappa shape index (κ1) is 15.9. The molecule has 0 radical (unpaired) electrons. The van der Waals surface area contributed by atoms with Gasteiger partial charge in [0.15, 0.2) is 0 Å². The molecule has 0 saturated carbocycles. The molecule has 17 heavy (non-hydrogen) atoms. The quantitative estimate of drug-likeness (QED) is 0.898. The van der Waals surface area contributed by atoms with Gasteiger partial charge in [-0.2, -0.15) is 0 Å². The van der Waals surface area contributed by atoms with E-state index in [9.17, 15) is 4.79 Å². The molecule has 0 unspecified atom stereocenters. The van der Waals surface area contributed by atoms with Crippen LogP contribution in [0.5, 0.6) is 0 Å². The van der Waals surface area contributed by atoms with Gasteiger partial charge in [0.1, 0.15) is 0 Å². The van der Waals surface area contributed by atoms with Crippen molar-refractivity contribution in [3.63, 3.8) is 0 Å². The van der Waals surface area contributed by atoms with E-state index in [2.05, 4.69) is 0 Å². The lowest BCUT2D eigenvalue weighted by molar-refractivity contribution is -0.134. The van der Waals surface area contributed by atoms with Gasteiger partial charge < -0.3 is 10.6 Å². The summed E-state index contributed by atoms with van der Waals surface area (Å²) in [6, 6.07) is 9.68. The van der Waals surface area contributed by atoms with Crippen LogP contribution >= 0.6 is 12.4 Å². The van der Waals surface area contributed by atoms with Crippen LogP contribution in [0.4, 0.5) is 0 Å². The third-order valence-electron chi connectivity index (χ3n) is 2.49. The van der Waals surface area contributed by atoms with Gasteiger partial charge in [0.25, 0.3) is 0 Å². The lowest BCUT2D eigenvalue weighted by Crippen LogP contribution is -2.45. The van der Waals surface area contributed by atoms with Crippen molar-refractivity contribution in [1.29, 1.82) is 0 Å². The van der Waals surface area contributed by atoms with Gasteiger partial charge in [-0.15, -0.1) is 12.4 Å². The molecular weight excluding hydrogens is 236 g/mol. The van der Waals surface area contributed by atoms with Crippen LogP contribution in [0.15, 0.2) is 30.3 Å². The molecule has 0 aliphatic rings. The topological polar surface area (TPSA) is 46.3 Å². The summed E-state index contributed by atoms with van der Waals surface area (Å²) in [6.45, 7) is 6.36. The van der Waals surface area contributed by atoms with Gasteiger partial charge in [0.05, 0.1) is 6.04 Å². The predicted molar refractivity (Wildman–Crippen MR) is 73.0 cm³/mol. The van der Waals surface area contributed by atoms with E-state index in [0.29, 0.717) is 6.54 Å². The summed E-state index contributed by atoms with van der Waals surface area (Å²) in [7, 11) is 0. The number of halogens is 1. The van der Waals surface area contributed by atoms with Crippen LogP contribution in [0, 0.1) is 0 Å². The Hall–Kier alpha value is -1.06. The lowest BCUT2D eigenvalue weighted by atomic mass is 10.1. The van der Waals surface area contributed by atoms with Crippen molar-refractivity contribution in [3.8, 4) is 0 Å². The van der Waals surface area contributed by atoms with Crippen LogP contribution in [0.3, 0.4) is 0 Å². The van der Waals surface area contributed by atoms with E-state index in [1.807, 2.05) is 44.2 Å². The van der Waals surface area contributed by atoms with Crippen molar-refractivity contribution in [3.05, 3.63) is 35.9 Å². The maximum Gasteiger partial charge on any atom is 0.239 e. The van der Waals surface area contributed by atoms with E-state index < -0.39 is 6.04 Å². The van der Waals surface area contributed by atoms with Crippen LogP contribution < -0.4 is 5.73 Å². The van der Waals surface area contributed by atoms with Crippen LogP contribution in [-0.4, -0.2) is 22.9 Å². The van der Waals surface area contributed by atoms with Crippen molar-refractivity contribution in [2.45, 2.75) is 39.4 Å². The minimum atomic E-state index is -0.439. The maximum atomic E-state index is 11.9. The van der Waals surface area contributed by atoms with Gasteiger partial charge in [-0.1, -0.05) is 30.3 Å². The van der Waals surface area contributed by atoms with Crippen molar-refractivity contribution in [2.75, 3.05) is 0 Å². The highest BCUT2D eigenvalue weighted by molar-refractivity contribution is 5.85. The molecule has 1 rings (SSSR count). The smallest absolute Gasteiger partial charge is 0.239 e.